The number of aliphatic carboxylic acids is 1. The molecule has 0 aromatic carbocycles. The van der Waals surface area contributed by atoms with Crippen molar-refractivity contribution in [3.63, 3.8) is 0 Å². The molecule has 0 radical (unpaired) electrons. The number of hydrogen-bond acceptors (Lipinski definition) is 6. The largest absolute Gasteiger partial charge is 0.492 e. The summed E-state index contributed by atoms with van der Waals surface area (Å²) in [4.78, 5) is 10.4. The van der Waals surface area contributed by atoms with E-state index < -0.39 is 37.2 Å². The Kier molecular flexibility index (Phi) is 6.86. The zero-order valence-electron chi connectivity index (χ0n) is 15.1. The molecule has 2 heterocycles. The molecular weight excluding hydrogens is 359 g/mol. The van der Waals surface area contributed by atoms with Crippen LogP contribution in [0.4, 0.5) is 4.39 Å². The number of halogens is 1. The maximum absolute atomic E-state index is 14.1. The summed E-state index contributed by atoms with van der Waals surface area (Å²) in [6, 6.07) is 0. The van der Waals surface area contributed by atoms with Gasteiger partial charge in [-0.3, -0.25) is 0 Å². The van der Waals surface area contributed by atoms with Crippen molar-refractivity contribution < 1.29 is 38.7 Å². The first-order chi connectivity index (χ1) is 13.0. The van der Waals surface area contributed by atoms with Crippen LogP contribution in [0.3, 0.4) is 0 Å². The first kappa shape index (κ1) is 20.3. The highest BCUT2D eigenvalue weighted by atomic mass is 19.1. The lowest BCUT2D eigenvalue weighted by atomic mass is 9.90. The summed E-state index contributed by atoms with van der Waals surface area (Å²) in [5, 5.41) is 29.1. The van der Waals surface area contributed by atoms with Gasteiger partial charge in [-0.05, 0) is 19.3 Å². The smallest absolute Gasteiger partial charge is 0.329 e. The second-order valence-electron chi connectivity index (χ2n) is 7.40. The van der Waals surface area contributed by atoms with Crippen molar-refractivity contribution in [2.75, 3.05) is 19.8 Å². The molecular formula is C19H27FO7. The van der Waals surface area contributed by atoms with Crippen LogP contribution in [0.1, 0.15) is 32.1 Å². The number of ether oxygens (including phenoxy) is 3. The van der Waals surface area contributed by atoms with Crippen LogP contribution in [-0.2, 0) is 19.0 Å². The average molecular weight is 386 g/mol. The van der Waals surface area contributed by atoms with Crippen molar-refractivity contribution in [2.24, 2.45) is 11.8 Å². The summed E-state index contributed by atoms with van der Waals surface area (Å²) >= 11 is 0. The molecule has 0 spiro atoms. The van der Waals surface area contributed by atoms with E-state index in [-0.39, 0.29) is 29.8 Å². The van der Waals surface area contributed by atoms with Crippen molar-refractivity contribution >= 4 is 5.97 Å². The molecule has 0 aromatic heterocycles. The zero-order chi connectivity index (χ0) is 19.4. The number of carboxylic acids is 1. The number of hydrogen-bond donors (Lipinski definition) is 3. The monoisotopic (exact) mass is 386 g/mol. The predicted molar refractivity (Wildman–Crippen MR) is 92.4 cm³/mol. The van der Waals surface area contributed by atoms with Gasteiger partial charge in [0.05, 0.1) is 18.3 Å². The summed E-state index contributed by atoms with van der Waals surface area (Å²) in [6.07, 6.45) is 5.16. The molecule has 8 heteroatoms. The van der Waals surface area contributed by atoms with Crippen LogP contribution in [-0.4, -0.2) is 65.5 Å². The lowest BCUT2D eigenvalue weighted by Gasteiger charge is -2.25. The Morgan fingerprint density at radius 3 is 2.89 bits per heavy atom. The molecule has 0 amide bonds. The summed E-state index contributed by atoms with van der Waals surface area (Å²) < 4.78 is 30.1. The summed E-state index contributed by atoms with van der Waals surface area (Å²) in [5.41, 5.74) is 0. The van der Waals surface area contributed by atoms with Crippen molar-refractivity contribution in [3.05, 3.63) is 23.7 Å². The third-order valence-corrected chi connectivity index (χ3v) is 5.49. The lowest BCUT2D eigenvalue weighted by molar-refractivity contribution is -0.142. The number of aliphatic hydroxyl groups is 2. The van der Waals surface area contributed by atoms with Gasteiger partial charge >= 0.3 is 5.97 Å². The van der Waals surface area contributed by atoms with E-state index >= 15 is 0 Å². The first-order valence-electron chi connectivity index (χ1n) is 9.45. The zero-order valence-corrected chi connectivity index (χ0v) is 15.1. The molecule has 2 saturated heterocycles. The van der Waals surface area contributed by atoms with E-state index in [1.165, 1.54) is 0 Å². The number of rotatable bonds is 7. The van der Waals surface area contributed by atoms with E-state index in [9.17, 15) is 19.4 Å². The van der Waals surface area contributed by atoms with Crippen molar-refractivity contribution in [2.45, 2.75) is 56.5 Å². The SMILES string of the molecule is O=C(O)COC/C(F)=C1\C[C@H]2[C@H](/C=C/[C@H](O)C3CCCCO3)[C@@H](O)C[C@H]2O1. The van der Waals surface area contributed by atoms with Crippen molar-refractivity contribution in [1.82, 2.24) is 0 Å². The molecule has 0 aromatic rings. The van der Waals surface area contributed by atoms with Crippen LogP contribution >= 0.6 is 0 Å². The Hall–Kier alpha value is -1.48. The highest BCUT2D eigenvalue weighted by Gasteiger charge is 2.48. The Balaban J connectivity index is 1.57. The molecule has 1 saturated carbocycles. The maximum Gasteiger partial charge on any atom is 0.329 e. The molecule has 6 atom stereocenters. The summed E-state index contributed by atoms with van der Waals surface area (Å²) in [7, 11) is 0. The van der Waals surface area contributed by atoms with Gasteiger partial charge in [0.15, 0.2) is 5.83 Å². The molecule has 3 N–H and O–H groups in total. The second kappa shape index (κ2) is 9.14. The van der Waals surface area contributed by atoms with Crippen LogP contribution in [0.5, 0.6) is 0 Å². The lowest BCUT2D eigenvalue weighted by Crippen LogP contribution is -2.31. The van der Waals surface area contributed by atoms with Gasteiger partial charge in [-0.2, -0.15) is 0 Å². The van der Waals surface area contributed by atoms with Gasteiger partial charge in [0, 0.05) is 31.3 Å². The number of fused-ring (bicyclic) bond motifs is 1. The Labute approximate surface area is 157 Å². The first-order valence-corrected chi connectivity index (χ1v) is 9.45. The number of carbonyl (C=O) groups is 1. The molecule has 1 unspecified atom stereocenters. The number of allylic oxidation sites excluding steroid dienone is 1. The van der Waals surface area contributed by atoms with E-state index in [1.807, 2.05) is 0 Å². The summed E-state index contributed by atoms with van der Waals surface area (Å²) in [6.45, 7) is -0.363. The maximum atomic E-state index is 14.1. The quantitative estimate of drug-likeness (QED) is 0.570. The van der Waals surface area contributed by atoms with Gasteiger partial charge in [0.1, 0.15) is 25.1 Å². The van der Waals surface area contributed by atoms with Gasteiger partial charge < -0.3 is 29.5 Å². The van der Waals surface area contributed by atoms with Crippen LogP contribution in [0.15, 0.2) is 23.7 Å². The minimum atomic E-state index is -1.16. The molecule has 1 aliphatic carbocycles. The van der Waals surface area contributed by atoms with Crippen molar-refractivity contribution in [1.29, 1.82) is 0 Å². The standard InChI is InChI=1S/C19H27FO7/c20-13(9-25-10-19(23)24)18-7-12-11(15(22)8-17(12)27-18)4-5-14(21)16-3-1-2-6-26-16/h4-5,11-12,14-17,21-22H,1-3,6-10H2,(H,23,24)/b5-4+,18-13-/t11-,12-,14-,15-,16?,17+/m0/s1. The van der Waals surface area contributed by atoms with Gasteiger partial charge in [0.2, 0.25) is 0 Å². The molecule has 0 bridgehead atoms. The third-order valence-electron chi connectivity index (χ3n) is 5.49. The van der Waals surface area contributed by atoms with E-state index in [1.54, 1.807) is 12.2 Å². The summed E-state index contributed by atoms with van der Waals surface area (Å²) in [5.74, 6) is -1.93. The predicted octanol–water partition coefficient (Wildman–Crippen LogP) is 1.54. The third kappa shape index (κ3) is 5.07. The Morgan fingerprint density at radius 2 is 2.19 bits per heavy atom. The second-order valence-corrected chi connectivity index (χ2v) is 7.40. The molecule has 2 aliphatic heterocycles. The van der Waals surface area contributed by atoms with Crippen LogP contribution in [0, 0.1) is 11.8 Å². The fraction of sp³-hybridized carbons (Fsp3) is 0.737. The normalized spacial score (nSPS) is 36.5. The fourth-order valence-electron chi connectivity index (χ4n) is 4.11. The van der Waals surface area contributed by atoms with E-state index in [0.717, 1.165) is 19.3 Å². The molecule has 152 valence electrons. The van der Waals surface area contributed by atoms with Gasteiger partial charge in [0.25, 0.3) is 0 Å². The van der Waals surface area contributed by atoms with Gasteiger partial charge in [-0.25, -0.2) is 9.18 Å². The Morgan fingerprint density at radius 1 is 1.37 bits per heavy atom. The fourth-order valence-corrected chi connectivity index (χ4v) is 4.11. The Bertz CT molecular complexity index is 585. The van der Waals surface area contributed by atoms with Gasteiger partial charge in [-0.15, -0.1) is 0 Å². The van der Waals surface area contributed by atoms with Crippen molar-refractivity contribution in [3.8, 4) is 0 Å². The van der Waals surface area contributed by atoms with Crippen LogP contribution < -0.4 is 0 Å². The molecule has 27 heavy (non-hydrogen) atoms. The molecule has 7 nitrogen and oxygen atoms in total. The molecule has 3 aliphatic rings. The van der Waals surface area contributed by atoms with E-state index in [2.05, 4.69) is 0 Å². The van der Waals surface area contributed by atoms with Gasteiger partial charge in [-0.1, -0.05) is 12.2 Å². The number of aliphatic hydroxyl groups excluding tert-OH is 2. The average Bonchev–Trinajstić information content (AvgIpc) is 3.17. The minimum Gasteiger partial charge on any atom is -0.492 e. The topological polar surface area (TPSA) is 105 Å². The van der Waals surface area contributed by atoms with E-state index in [4.69, 9.17) is 19.3 Å². The van der Waals surface area contributed by atoms with E-state index in [0.29, 0.717) is 19.4 Å². The molecule has 3 rings (SSSR count). The molecule has 3 fully saturated rings. The number of carboxylic acid groups (broad SMARTS) is 1. The minimum absolute atomic E-state index is 0.0871. The van der Waals surface area contributed by atoms with Crippen LogP contribution in [0.25, 0.3) is 0 Å². The highest BCUT2D eigenvalue weighted by Crippen LogP contribution is 2.46. The highest BCUT2D eigenvalue weighted by molar-refractivity contribution is 5.68. The van der Waals surface area contributed by atoms with Crippen LogP contribution in [0.2, 0.25) is 0 Å².